The second-order valence-electron chi connectivity index (χ2n) is 11.1. The van der Waals surface area contributed by atoms with Gasteiger partial charge in [0.05, 0.1) is 33.4 Å². The molecule has 0 radical (unpaired) electrons. The van der Waals surface area contributed by atoms with Crippen molar-refractivity contribution in [3.63, 3.8) is 0 Å². The summed E-state index contributed by atoms with van der Waals surface area (Å²) in [6, 6.07) is 8.06. The number of carbonyl (C=O) groups is 1. The van der Waals surface area contributed by atoms with Gasteiger partial charge in [0, 0.05) is 30.7 Å². The zero-order chi connectivity index (χ0) is 30.5. The molecular formula is C32H35ClFN7O. The van der Waals surface area contributed by atoms with E-state index in [1.807, 2.05) is 37.5 Å². The van der Waals surface area contributed by atoms with Crippen LogP contribution < -0.4 is 4.90 Å². The quantitative estimate of drug-likeness (QED) is 0.322. The van der Waals surface area contributed by atoms with E-state index >= 15 is 4.39 Å². The van der Waals surface area contributed by atoms with Gasteiger partial charge in [0.2, 0.25) is 5.91 Å². The Morgan fingerprint density at radius 3 is 2.48 bits per heavy atom. The average molecular weight is 588 g/mol. The molecule has 4 heterocycles. The molecule has 0 aliphatic carbocycles. The number of amidine groups is 1. The molecule has 0 spiro atoms. The summed E-state index contributed by atoms with van der Waals surface area (Å²) in [5, 5.41) is 0.293. The third-order valence-electron chi connectivity index (χ3n) is 7.71. The second kappa shape index (κ2) is 11.3. The number of nitrogens with zero attached hydrogens (tertiary/aromatic N) is 7. The smallest absolute Gasteiger partial charge is 0.246 e. The van der Waals surface area contributed by atoms with E-state index in [9.17, 15) is 4.79 Å². The van der Waals surface area contributed by atoms with Gasteiger partial charge < -0.3 is 9.80 Å². The molecule has 5 rings (SSSR count). The van der Waals surface area contributed by atoms with Crippen LogP contribution in [0.3, 0.4) is 0 Å². The first kappa shape index (κ1) is 29.4. The molecule has 218 valence electrons. The van der Waals surface area contributed by atoms with Gasteiger partial charge in [-0.2, -0.15) is 0 Å². The minimum Gasteiger partial charge on any atom is -0.349 e. The van der Waals surface area contributed by atoms with Crippen molar-refractivity contribution < 1.29 is 9.18 Å². The van der Waals surface area contributed by atoms with E-state index in [1.165, 1.54) is 12.1 Å². The zero-order valence-electron chi connectivity index (χ0n) is 24.8. The van der Waals surface area contributed by atoms with Crippen LogP contribution in [0.2, 0.25) is 5.02 Å². The highest BCUT2D eigenvalue weighted by Crippen LogP contribution is 2.43. The Bertz CT molecular complexity index is 1640. The number of anilines is 2. The van der Waals surface area contributed by atoms with Gasteiger partial charge in [0.15, 0.2) is 5.82 Å². The van der Waals surface area contributed by atoms with Gasteiger partial charge in [-0.3, -0.25) is 9.69 Å². The van der Waals surface area contributed by atoms with Crippen molar-refractivity contribution in [3.05, 3.63) is 89.0 Å². The molecule has 8 nitrogen and oxygen atoms in total. The lowest BCUT2D eigenvalue weighted by molar-refractivity contribution is -0.130. The Balaban J connectivity index is 1.73. The molecule has 42 heavy (non-hydrogen) atoms. The maximum atomic E-state index is 15.0. The first-order valence-corrected chi connectivity index (χ1v) is 14.4. The molecule has 10 heteroatoms. The summed E-state index contributed by atoms with van der Waals surface area (Å²) in [6.07, 6.45) is 1.35. The fraction of sp³-hybridized carbons (Fsp3) is 0.344. The minimum atomic E-state index is -0.426. The Kier molecular flexibility index (Phi) is 7.90. The van der Waals surface area contributed by atoms with Crippen LogP contribution in [0.25, 0.3) is 11.3 Å². The lowest BCUT2D eigenvalue weighted by Crippen LogP contribution is -2.59. The molecule has 2 unspecified atom stereocenters. The van der Waals surface area contributed by atoms with E-state index in [-0.39, 0.29) is 23.9 Å². The van der Waals surface area contributed by atoms with Crippen LogP contribution in [0.1, 0.15) is 56.4 Å². The fourth-order valence-corrected chi connectivity index (χ4v) is 5.98. The van der Waals surface area contributed by atoms with E-state index in [1.54, 1.807) is 24.3 Å². The van der Waals surface area contributed by atoms with Gasteiger partial charge in [0.1, 0.15) is 23.3 Å². The predicted molar refractivity (Wildman–Crippen MR) is 166 cm³/mol. The van der Waals surface area contributed by atoms with Crippen LogP contribution >= 0.6 is 11.6 Å². The van der Waals surface area contributed by atoms with Crippen molar-refractivity contribution in [2.24, 2.45) is 4.99 Å². The fourth-order valence-electron chi connectivity index (χ4n) is 5.72. The molecule has 1 saturated heterocycles. The van der Waals surface area contributed by atoms with Crippen LogP contribution in [-0.2, 0) is 4.79 Å². The molecule has 1 fully saturated rings. The van der Waals surface area contributed by atoms with Gasteiger partial charge in [-0.1, -0.05) is 50.7 Å². The van der Waals surface area contributed by atoms with E-state index < -0.39 is 5.82 Å². The van der Waals surface area contributed by atoms with Crippen LogP contribution in [-0.4, -0.2) is 61.7 Å². The Morgan fingerprint density at radius 1 is 1.10 bits per heavy atom. The predicted octanol–water partition coefficient (Wildman–Crippen LogP) is 6.55. The van der Waals surface area contributed by atoms with Crippen LogP contribution in [0.5, 0.6) is 0 Å². The highest BCUT2D eigenvalue weighted by molar-refractivity contribution is 6.33. The molecule has 1 amide bonds. The molecule has 2 atom stereocenters. The van der Waals surface area contributed by atoms with Crippen LogP contribution in [0, 0.1) is 19.7 Å². The number of hydrogen-bond acceptors (Lipinski definition) is 7. The number of hydrogen-bond donors (Lipinski definition) is 0. The molecule has 1 aromatic carbocycles. The second-order valence-corrected chi connectivity index (χ2v) is 11.6. The van der Waals surface area contributed by atoms with Crippen molar-refractivity contribution >= 4 is 34.8 Å². The molecule has 2 aromatic heterocycles. The summed E-state index contributed by atoms with van der Waals surface area (Å²) in [4.78, 5) is 37.8. The first-order valence-electron chi connectivity index (χ1n) is 14.0. The number of halogens is 2. The maximum absolute atomic E-state index is 15.0. The third kappa shape index (κ3) is 5.06. The normalized spacial score (nSPS) is 18.7. The standard InChI is InChI=1S/C32H35ClFN7O/c1-9-27(42)39-15-19(5)40(16-18(39)4)31-24-14-25(33)29(23-12-10-11-13-26(23)34)38-32(24)41(22(8)37-31)30-20(6)35-21(7)36-28(30)17(2)3/h9-14,17-19H,1,8,15-16H2,2-7H3. The van der Waals surface area contributed by atoms with Gasteiger partial charge in [-0.25, -0.2) is 24.3 Å². The number of benzene rings is 1. The monoisotopic (exact) mass is 587 g/mol. The highest BCUT2D eigenvalue weighted by Gasteiger charge is 2.38. The highest BCUT2D eigenvalue weighted by atomic mass is 35.5. The van der Waals surface area contributed by atoms with E-state index in [2.05, 4.69) is 36.9 Å². The number of pyridine rings is 1. The molecule has 3 aromatic rings. The number of carbonyl (C=O) groups excluding carboxylic acids is 1. The summed E-state index contributed by atoms with van der Waals surface area (Å²) in [7, 11) is 0. The van der Waals surface area contributed by atoms with Crippen molar-refractivity contribution in [2.75, 3.05) is 18.0 Å². The van der Waals surface area contributed by atoms with Crippen molar-refractivity contribution in [2.45, 2.75) is 59.5 Å². The number of aryl methyl sites for hydroxylation is 2. The summed E-state index contributed by atoms with van der Waals surface area (Å²) in [5.74, 6) is 1.77. The molecule has 2 aliphatic heterocycles. The topological polar surface area (TPSA) is 77.8 Å². The third-order valence-corrected chi connectivity index (χ3v) is 8.00. The van der Waals surface area contributed by atoms with Gasteiger partial charge in [-0.15, -0.1) is 0 Å². The number of aromatic nitrogens is 3. The Labute approximate surface area is 251 Å². The van der Waals surface area contributed by atoms with Crippen molar-refractivity contribution in [1.82, 2.24) is 24.8 Å². The lowest BCUT2D eigenvalue weighted by atomic mass is 10.0. The summed E-state index contributed by atoms with van der Waals surface area (Å²) in [6.45, 7) is 21.0. The van der Waals surface area contributed by atoms with Gasteiger partial charge >= 0.3 is 0 Å². The zero-order valence-corrected chi connectivity index (χ0v) is 25.6. The number of piperazine rings is 1. The average Bonchev–Trinajstić information content (AvgIpc) is 2.94. The van der Waals surface area contributed by atoms with Crippen molar-refractivity contribution in [3.8, 4) is 11.3 Å². The SMILES string of the molecule is C=CC(=O)N1CC(C)N(C2=NC(=C)N(c3c(C)nc(C)nc3C(C)C)c3nc(-c4ccccc4F)c(Cl)cc32)CC1C. The van der Waals surface area contributed by atoms with E-state index in [4.69, 9.17) is 26.6 Å². The molecule has 2 aliphatic rings. The molecule has 0 N–H and O–H groups in total. The maximum Gasteiger partial charge on any atom is 0.246 e. The van der Waals surface area contributed by atoms with Crippen molar-refractivity contribution in [1.29, 1.82) is 0 Å². The Morgan fingerprint density at radius 2 is 1.81 bits per heavy atom. The number of amides is 1. The first-order chi connectivity index (χ1) is 19.9. The number of fused-ring (bicyclic) bond motifs is 1. The van der Waals surface area contributed by atoms with E-state index in [0.29, 0.717) is 58.2 Å². The summed E-state index contributed by atoms with van der Waals surface area (Å²) < 4.78 is 15.0. The molecule has 0 saturated carbocycles. The Hall–Kier alpha value is -4.11. The summed E-state index contributed by atoms with van der Waals surface area (Å²) in [5.41, 5.74) is 3.59. The minimum absolute atomic E-state index is 0.0664. The number of aliphatic imine (C=N–C) groups is 1. The van der Waals surface area contributed by atoms with Gasteiger partial charge in [-0.05, 0) is 57.9 Å². The van der Waals surface area contributed by atoms with E-state index in [0.717, 1.165) is 17.1 Å². The molecule has 0 bridgehead atoms. The largest absolute Gasteiger partial charge is 0.349 e. The van der Waals surface area contributed by atoms with Crippen LogP contribution in [0.15, 0.2) is 60.4 Å². The molecular weight excluding hydrogens is 553 g/mol. The lowest BCUT2D eigenvalue weighted by Gasteiger charge is -2.46. The number of rotatable bonds is 4. The van der Waals surface area contributed by atoms with Crippen LogP contribution in [0.4, 0.5) is 15.9 Å². The van der Waals surface area contributed by atoms with Gasteiger partial charge in [0.25, 0.3) is 0 Å². The summed E-state index contributed by atoms with van der Waals surface area (Å²) >= 11 is 6.85.